The van der Waals surface area contributed by atoms with Gasteiger partial charge in [0.2, 0.25) is 0 Å². The van der Waals surface area contributed by atoms with Gasteiger partial charge in [-0.1, -0.05) is 5.21 Å². The average molecular weight is 238 g/mol. The third-order valence-electron chi connectivity index (χ3n) is 3.23. The molecule has 2 heterocycles. The minimum atomic E-state index is -1.01. The van der Waals surface area contributed by atoms with Crippen LogP contribution in [0.2, 0.25) is 0 Å². The van der Waals surface area contributed by atoms with Crippen LogP contribution in [0.15, 0.2) is 0 Å². The van der Waals surface area contributed by atoms with Gasteiger partial charge in [-0.3, -0.25) is 0 Å². The van der Waals surface area contributed by atoms with Crippen molar-refractivity contribution in [1.82, 2.24) is 19.9 Å². The summed E-state index contributed by atoms with van der Waals surface area (Å²) in [6, 6.07) is 0. The molecule has 0 aliphatic carbocycles. The second-order valence-corrected chi connectivity index (χ2v) is 4.45. The highest BCUT2D eigenvalue weighted by atomic mass is 16.4. The largest absolute Gasteiger partial charge is 0.476 e. The van der Waals surface area contributed by atoms with Crippen LogP contribution in [0.1, 0.15) is 35.4 Å². The summed E-state index contributed by atoms with van der Waals surface area (Å²) in [5.74, 6) is -1.01. The second-order valence-electron chi connectivity index (χ2n) is 4.45. The first-order chi connectivity index (χ1) is 8.18. The van der Waals surface area contributed by atoms with E-state index in [-0.39, 0.29) is 5.69 Å². The molecule has 0 atom stereocenters. The predicted octanol–water partition coefficient (Wildman–Crippen LogP) is 0.771. The third kappa shape index (κ3) is 2.82. The maximum atomic E-state index is 10.8. The molecule has 0 amide bonds. The number of aryl methyl sites for hydroxylation is 1. The summed E-state index contributed by atoms with van der Waals surface area (Å²) in [4.78, 5) is 13.2. The maximum absolute atomic E-state index is 10.8. The molecule has 6 heteroatoms. The van der Waals surface area contributed by atoms with Crippen LogP contribution in [0, 0.1) is 6.92 Å². The maximum Gasteiger partial charge on any atom is 0.358 e. The zero-order valence-electron chi connectivity index (χ0n) is 10.1. The Kier molecular flexibility index (Phi) is 3.73. The van der Waals surface area contributed by atoms with Gasteiger partial charge >= 0.3 is 5.97 Å². The van der Waals surface area contributed by atoms with Crippen molar-refractivity contribution in [1.29, 1.82) is 0 Å². The van der Waals surface area contributed by atoms with Gasteiger partial charge in [0.1, 0.15) is 0 Å². The standard InChI is InChI=1S/C11H18N4O2/c1-9-10(11(16)17)12-13-15(9)8-4-7-14-5-2-3-6-14/h2-8H2,1H3,(H,16,17). The monoisotopic (exact) mass is 238 g/mol. The van der Waals surface area contributed by atoms with Crippen LogP contribution in [-0.2, 0) is 6.54 Å². The minimum absolute atomic E-state index is 0.0613. The zero-order valence-corrected chi connectivity index (χ0v) is 10.1. The van der Waals surface area contributed by atoms with Gasteiger partial charge in [-0.2, -0.15) is 0 Å². The summed E-state index contributed by atoms with van der Waals surface area (Å²) in [6.45, 7) is 5.93. The molecule has 17 heavy (non-hydrogen) atoms. The van der Waals surface area contributed by atoms with Crippen LogP contribution < -0.4 is 0 Å². The molecule has 1 aromatic rings. The summed E-state index contributed by atoms with van der Waals surface area (Å²) in [7, 11) is 0. The van der Waals surface area contributed by atoms with Crippen molar-refractivity contribution in [2.75, 3.05) is 19.6 Å². The van der Waals surface area contributed by atoms with Crippen LogP contribution in [0.3, 0.4) is 0 Å². The van der Waals surface area contributed by atoms with Crippen LogP contribution in [0.5, 0.6) is 0 Å². The lowest BCUT2D eigenvalue weighted by Crippen LogP contribution is -2.21. The number of aromatic nitrogens is 3. The summed E-state index contributed by atoms with van der Waals surface area (Å²) >= 11 is 0. The molecule has 1 aromatic heterocycles. The molecule has 1 aliphatic rings. The van der Waals surface area contributed by atoms with E-state index < -0.39 is 5.97 Å². The van der Waals surface area contributed by atoms with E-state index in [9.17, 15) is 4.79 Å². The highest BCUT2D eigenvalue weighted by Crippen LogP contribution is 2.09. The molecule has 0 saturated carbocycles. The number of carboxylic acids is 1. The molecule has 0 spiro atoms. The topological polar surface area (TPSA) is 71.2 Å². The Morgan fingerprint density at radius 1 is 1.35 bits per heavy atom. The molecule has 2 rings (SSSR count). The fourth-order valence-electron chi connectivity index (χ4n) is 2.22. The molecule has 1 fully saturated rings. The molecule has 1 saturated heterocycles. The first kappa shape index (κ1) is 12.0. The summed E-state index contributed by atoms with van der Waals surface area (Å²) in [5, 5.41) is 16.4. The van der Waals surface area contributed by atoms with E-state index in [4.69, 9.17) is 5.11 Å². The van der Waals surface area contributed by atoms with Crippen LogP contribution in [0.25, 0.3) is 0 Å². The van der Waals surface area contributed by atoms with Gasteiger partial charge in [0.15, 0.2) is 5.69 Å². The highest BCUT2D eigenvalue weighted by Gasteiger charge is 2.15. The molecule has 1 N–H and O–H groups in total. The van der Waals surface area contributed by atoms with E-state index >= 15 is 0 Å². The predicted molar refractivity (Wildman–Crippen MR) is 62.0 cm³/mol. The number of carbonyl (C=O) groups is 1. The van der Waals surface area contributed by atoms with Gasteiger partial charge in [-0.15, -0.1) is 5.10 Å². The van der Waals surface area contributed by atoms with Gasteiger partial charge < -0.3 is 10.0 Å². The number of likely N-dealkylation sites (tertiary alicyclic amines) is 1. The first-order valence-electron chi connectivity index (χ1n) is 6.04. The molecular weight excluding hydrogens is 220 g/mol. The Hall–Kier alpha value is -1.43. The zero-order chi connectivity index (χ0) is 12.3. The normalized spacial score (nSPS) is 16.5. The van der Waals surface area contributed by atoms with Gasteiger partial charge in [-0.05, 0) is 45.8 Å². The van der Waals surface area contributed by atoms with E-state index in [0.29, 0.717) is 5.69 Å². The van der Waals surface area contributed by atoms with Crippen molar-refractivity contribution < 1.29 is 9.90 Å². The molecular formula is C11H18N4O2. The van der Waals surface area contributed by atoms with Crippen LogP contribution in [-0.4, -0.2) is 50.6 Å². The van der Waals surface area contributed by atoms with Crippen molar-refractivity contribution >= 4 is 5.97 Å². The Morgan fingerprint density at radius 2 is 2.06 bits per heavy atom. The number of hydrogen-bond acceptors (Lipinski definition) is 4. The Bertz CT molecular complexity index is 396. The number of aromatic carboxylic acids is 1. The molecule has 0 bridgehead atoms. The van der Waals surface area contributed by atoms with Gasteiger partial charge in [-0.25, -0.2) is 9.48 Å². The molecule has 0 radical (unpaired) electrons. The third-order valence-corrected chi connectivity index (χ3v) is 3.23. The van der Waals surface area contributed by atoms with E-state index in [1.807, 2.05) is 0 Å². The average Bonchev–Trinajstić information content (AvgIpc) is 2.89. The number of rotatable bonds is 5. The Balaban J connectivity index is 1.84. The number of nitrogens with zero attached hydrogens (tertiary/aromatic N) is 4. The van der Waals surface area contributed by atoms with Crippen molar-refractivity contribution in [2.24, 2.45) is 0 Å². The lowest BCUT2D eigenvalue weighted by atomic mass is 10.3. The van der Waals surface area contributed by atoms with Gasteiger partial charge in [0.25, 0.3) is 0 Å². The highest BCUT2D eigenvalue weighted by molar-refractivity contribution is 5.86. The smallest absolute Gasteiger partial charge is 0.358 e. The summed E-state index contributed by atoms with van der Waals surface area (Å²) in [5.41, 5.74) is 0.699. The molecule has 94 valence electrons. The molecule has 0 unspecified atom stereocenters. The fourth-order valence-corrected chi connectivity index (χ4v) is 2.22. The second kappa shape index (κ2) is 5.27. The Morgan fingerprint density at radius 3 is 2.65 bits per heavy atom. The summed E-state index contributed by atoms with van der Waals surface area (Å²) in [6.07, 6.45) is 3.58. The van der Waals surface area contributed by atoms with E-state index in [1.54, 1.807) is 11.6 Å². The van der Waals surface area contributed by atoms with E-state index in [0.717, 1.165) is 19.5 Å². The number of carboxylic acid groups (broad SMARTS) is 1. The minimum Gasteiger partial charge on any atom is -0.476 e. The fraction of sp³-hybridized carbons (Fsp3) is 0.727. The van der Waals surface area contributed by atoms with Crippen molar-refractivity contribution in [2.45, 2.75) is 32.7 Å². The SMILES string of the molecule is Cc1c(C(=O)O)nnn1CCCN1CCCC1. The quantitative estimate of drug-likeness (QED) is 0.820. The van der Waals surface area contributed by atoms with Crippen molar-refractivity contribution in [3.63, 3.8) is 0 Å². The van der Waals surface area contributed by atoms with Gasteiger partial charge in [0, 0.05) is 6.54 Å². The van der Waals surface area contributed by atoms with E-state index in [2.05, 4.69) is 15.2 Å². The first-order valence-corrected chi connectivity index (χ1v) is 6.04. The van der Waals surface area contributed by atoms with E-state index in [1.165, 1.54) is 25.9 Å². The molecule has 1 aliphatic heterocycles. The molecule has 6 nitrogen and oxygen atoms in total. The van der Waals surface area contributed by atoms with Crippen LogP contribution in [0.4, 0.5) is 0 Å². The lowest BCUT2D eigenvalue weighted by molar-refractivity contribution is 0.0689. The number of hydrogen-bond donors (Lipinski definition) is 1. The molecule has 0 aromatic carbocycles. The Labute approximate surface area is 100 Å². The van der Waals surface area contributed by atoms with Crippen LogP contribution >= 0.6 is 0 Å². The van der Waals surface area contributed by atoms with Gasteiger partial charge in [0.05, 0.1) is 5.69 Å². The lowest BCUT2D eigenvalue weighted by Gasteiger charge is -2.14. The summed E-state index contributed by atoms with van der Waals surface area (Å²) < 4.78 is 1.68. The van der Waals surface area contributed by atoms with Crippen molar-refractivity contribution in [3.8, 4) is 0 Å². The van der Waals surface area contributed by atoms with Crippen molar-refractivity contribution in [3.05, 3.63) is 11.4 Å².